The molecule has 0 spiro atoms. The maximum absolute atomic E-state index is 12.0. The molecule has 1 heterocycles. The predicted molar refractivity (Wildman–Crippen MR) is 70.5 cm³/mol. The van der Waals surface area contributed by atoms with Crippen LogP contribution in [0.5, 0.6) is 0 Å². The fourth-order valence-electron chi connectivity index (χ4n) is 1.77. The molecule has 18 heavy (non-hydrogen) atoms. The van der Waals surface area contributed by atoms with Crippen LogP contribution in [0.2, 0.25) is 5.02 Å². The Morgan fingerprint density at radius 3 is 2.89 bits per heavy atom. The second-order valence-corrected chi connectivity index (χ2v) is 4.54. The Morgan fingerprint density at radius 1 is 1.50 bits per heavy atom. The average Bonchev–Trinajstić information content (AvgIpc) is 2.75. The van der Waals surface area contributed by atoms with Crippen molar-refractivity contribution in [2.45, 2.75) is 13.0 Å². The largest absolute Gasteiger partial charge is 0.342 e. The number of benzene rings is 1. The molecule has 1 aromatic carbocycles. The van der Waals surface area contributed by atoms with E-state index in [-0.39, 0.29) is 11.9 Å². The fourth-order valence-corrected chi connectivity index (χ4v) is 1.96. The molecular formula is C13H14ClN3O. The second-order valence-electron chi connectivity index (χ2n) is 4.10. The highest BCUT2D eigenvalue weighted by Gasteiger charge is 2.14. The van der Waals surface area contributed by atoms with E-state index in [1.807, 2.05) is 24.7 Å². The number of carbonyl (C=O) groups is 1. The van der Waals surface area contributed by atoms with Gasteiger partial charge in [-0.2, -0.15) is 0 Å². The van der Waals surface area contributed by atoms with E-state index < -0.39 is 0 Å². The first-order chi connectivity index (χ1) is 8.58. The zero-order chi connectivity index (χ0) is 13.1. The molecule has 5 heteroatoms. The molecule has 1 amide bonds. The summed E-state index contributed by atoms with van der Waals surface area (Å²) in [4.78, 5) is 16.2. The highest BCUT2D eigenvalue weighted by molar-refractivity contribution is 6.30. The Bertz CT molecular complexity index is 565. The lowest BCUT2D eigenvalue weighted by Gasteiger charge is -2.13. The van der Waals surface area contributed by atoms with Crippen LogP contribution in [0, 0.1) is 0 Å². The predicted octanol–water partition coefficient (Wildman–Crippen LogP) is 2.56. The molecule has 1 atom stereocenters. The molecule has 0 saturated heterocycles. The minimum absolute atomic E-state index is 0.156. The number of amides is 1. The molecular weight excluding hydrogens is 250 g/mol. The molecule has 1 aromatic heterocycles. The molecule has 1 unspecified atom stereocenters. The van der Waals surface area contributed by atoms with E-state index in [0.29, 0.717) is 10.6 Å². The van der Waals surface area contributed by atoms with Gasteiger partial charge in [-0.3, -0.25) is 4.79 Å². The first-order valence-corrected chi connectivity index (χ1v) is 5.99. The summed E-state index contributed by atoms with van der Waals surface area (Å²) in [5, 5.41) is 3.43. The maximum Gasteiger partial charge on any atom is 0.251 e. The summed E-state index contributed by atoms with van der Waals surface area (Å²) < 4.78 is 1.88. The summed E-state index contributed by atoms with van der Waals surface area (Å²) >= 11 is 5.85. The van der Waals surface area contributed by atoms with Crippen LogP contribution in [0.4, 0.5) is 0 Å². The summed E-state index contributed by atoms with van der Waals surface area (Å²) in [6.07, 6.45) is 3.55. The van der Waals surface area contributed by atoms with Gasteiger partial charge in [-0.05, 0) is 25.1 Å². The van der Waals surface area contributed by atoms with Crippen LogP contribution in [0.1, 0.15) is 29.1 Å². The maximum atomic E-state index is 12.0. The Morgan fingerprint density at radius 2 is 2.28 bits per heavy atom. The van der Waals surface area contributed by atoms with Gasteiger partial charge in [-0.25, -0.2) is 4.98 Å². The number of aromatic nitrogens is 2. The van der Waals surface area contributed by atoms with Gasteiger partial charge < -0.3 is 9.88 Å². The number of carbonyl (C=O) groups excluding carboxylic acids is 1. The van der Waals surface area contributed by atoms with Gasteiger partial charge in [0.1, 0.15) is 5.82 Å². The van der Waals surface area contributed by atoms with Crippen LogP contribution in [-0.4, -0.2) is 15.5 Å². The average molecular weight is 264 g/mol. The van der Waals surface area contributed by atoms with Crippen molar-refractivity contribution in [2.24, 2.45) is 7.05 Å². The van der Waals surface area contributed by atoms with Crippen molar-refractivity contribution in [1.29, 1.82) is 0 Å². The number of nitrogens with zero attached hydrogens (tertiary/aromatic N) is 2. The van der Waals surface area contributed by atoms with Crippen molar-refractivity contribution in [3.8, 4) is 0 Å². The number of aryl methyl sites for hydroxylation is 1. The SMILES string of the molecule is CC(NC(=O)c1cccc(Cl)c1)c1nccn1C. The van der Waals surface area contributed by atoms with Crippen LogP contribution in [0.15, 0.2) is 36.7 Å². The molecule has 0 bridgehead atoms. The van der Waals surface area contributed by atoms with Crippen molar-refractivity contribution in [3.05, 3.63) is 53.1 Å². The van der Waals surface area contributed by atoms with Gasteiger partial charge in [0.15, 0.2) is 0 Å². The lowest BCUT2D eigenvalue weighted by Crippen LogP contribution is -2.28. The van der Waals surface area contributed by atoms with Gasteiger partial charge in [-0.1, -0.05) is 17.7 Å². The van der Waals surface area contributed by atoms with Crippen molar-refractivity contribution >= 4 is 17.5 Å². The van der Waals surface area contributed by atoms with Crippen LogP contribution >= 0.6 is 11.6 Å². The zero-order valence-electron chi connectivity index (χ0n) is 10.2. The van der Waals surface area contributed by atoms with E-state index in [1.54, 1.807) is 30.5 Å². The summed E-state index contributed by atoms with van der Waals surface area (Å²) in [7, 11) is 1.89. The molecule has 0 saturated carbocycles. The summed E-state index contributed by atoms with van der Waals surface area (Å²) in [5.74, 6) is 0.651. The van der Waals surface area contributed by atoms with E-state index in [9.17, 15) is 4.79 Å². The first-order valence-electron chi connectivity index (χ1n) is 5.61. The molecule has 0 aliphatic heterocycles. The van der Waals surface area contributed by atoms with Gasteiger partial charge in [0, 0.05) is 30.0 Å². The van der Waals surface area contributed by atoms with Crippen LogP contribution in [0.3, 0.4) is 0 Å². The standard InChI is InChI=1S/C13H14ClN3O/c1-9(12-15-6-7-17(12)2)16-13(18)10-4-3-5-11(14)8-10/h3-9H,1-2H3,(H,16,18). The van der Waals surface area contributed by atoms with Crippen molar-refractivity contribution < 1.29 is 4.79 Å². The van der Waals surface area contributed by atoms with E-state index in [1.165, 1.54) is 0 Å². The molecule has 4 nitrogen and oxygen atoms in total. The Kier molecular flexibility index (Phi) is 3.67. The molecule has 2 rings (SSSR count). The third kappa shape index (κ3) is 2.71. The zero-order valence-corrected chi connectivity index (χ0v) is 11.0. The summed E-state index contributed by atoms with van der Waals surface area (Å²) in [6, 6.07) is 6.70. The Balaban J connectivity index is 2.10. The van der Waals surface area contributed by atoms with Gasteiger partial charge in [0.05, 0.1) is 6.04 Å². The molecule has 2 aromatic rings. The molecule has 0 fully saturated rings. The second kappa shape index (κ2) is 5.23. The smallest absolute Gasteiger partial charge is 0.251 e. The lowest BCUT2D eigenvalue weighted by atomic mass is 10.2. The number of halogens is 1. The van der Waals surface area contributed by atoms with Gasteiger partial charge in [-0.15, -0.1) is 0 Å². The van der Waals surface area contributed by atoms with Gasteiger partial charge in [0.2, 0.25) is 0 Å². The summed E-state index contributed by atoms with van der Waals surface area (Å²) in [6.45, 7) is 1.89. The molecule has 94 valence electrons. The summed E-state index contributed by atoms with van der Waals surface area (Å²) in [5.41, 5.74) is 0.545. The topological polar surface area (TPSA) is 46.9 Å². The van der Waals surface area contributed by atoms with Crippen LogP contribution in [0.25, 0.3) is 0 Å². The minimum atomic E-state index is -0.159. The number of imidazole rings is 1. The normalized spacial score (nSPS) is 12.2. The van der Waals surface area contributed by atoms with Crippen molar-refractivity contribution in [3.63, 3.8) is 0 Å². The highest BCUT2D eigenvalue weighted by Crippen LogP contribution is 2.13. The number of rotatable bonds is 3. The molecule has 1 N–H and O–H groups in total. The van der Waals surface area contributed by atoms with E-state index >= 15 is 0 Å². The van der Waals surface area contributed by atoms with Crippen molar-refractivity contribution in [2.75, 3.05) is 0 Å². The quantitative estimate of drug-likeness (QED) is 0.925. The fraction of sp³-hybridized carbons (Fsp3) is 0.231. The number of hydrogen-bond acceptors (Lipinski definition) is 2. The minimum Gasteiger partial charge on any atom is -0.342 e. The molecule has 0 aliphatic rings. The van der Waals surface area contributed by atoms with E-state index in [2.05, 4.69) is 10.3 Å². The highest BCUT2D eigenvalue weighted by atomic mass is 35.5. The van der Waals surface area contributed by atoms with Gasteiger partial charge >= 0.3 is 0 Å². The third-order valence-corrected chi connectivity index (χ3v) is 2.92. The van der Waals surface area contributed by atoms with Gasteiger partial charge in [0.25, 0.3) is 5.91 Å². The Hall–Kier alpha value is -1.81. The lowest BCUT2D eigenvalue weighted by molar-refractivity contribution is 0.0938. The van der Waals surface area contributed by atoms with Crippen molar-refractivity contribution in [1.82, 2.24) is 14.9 Å². The monoisotopic (exact) mass is 263 g/mol. The molecule has 0 radical (unpaired) electrons. The third-order valence-electron chi connectivity index (χ3n) is 2.68. The molecule has 0 aliphatic carbocycles. The Labute approximate surface area is 111 Å². The van der Waals surface area contributed by atoms with E-state index in [4.69, 9.17) is 11.6 Å². The first kappa shape index (κ1) is 12.6. The van der Waals surface area contributed by atoms with E-state index in [0.717, 1.165) is 5.82 Å². The van der Waals surface area contributed by atoms with Crippen LogP contribution < -0.4 is 5.32 Å². The van der Waals surface area contributed by atoms with Crippen LogP contribution in [-0.2, 0) is 7.05 Å². The number of nitrogens with one attached hydrogen (secondary N) is 1. The number of hydrogen-bond donors (Lipinski definition) is 1.